The molecule has 3 aliphatic rings. The van der Waals surface area contributed by atoms with Crippen molar-refractivity contribution >= 4 is 35.0 Å². The summed E-state index contributed by atoms with van der Waals surface area (Å²) < 4.78 is 13.6. The molecule has 1 spiro atoms. The topological polar surface area (TPSA) is 43.9 Å². The molecule has 156 valence electrons. The number of carbonyl (C=O) groups excluding carboxylic acids is 2. The molecule has 3 aliphatic heterocycles. The van der Waals surface area contributed by atoms with Gasteiger partial charge in [-0.3, -0.25) is 24.3 Å². The normalized spacial score (nSPS) is 26.7. The van der Waals surface area contributed by atoms with Crippen molar-refractivity contribution in [3.8, 4) is 0 Å². The Labute approximate surface area is 179 Å². The number of hydrogen-bond donors (Lipinski definition) is 0. The SMILES string of the molecule is C[C@H]1S[C@@]2(C(=O)N(CN3CCCCC3)c3ccccc32)N(c2ccc(F)cc2)C1=O. The first-order valence-corrected chi connectivity index (χ1v) is 11.3. The molecule has 2 atom stereocenters. The molecule has 5 rings (SSSR count). The van der Waals surface area contributed by atoms with Gasteiger partial charge in [-0.2, -0.15) is 0 Å². The Balaban J connectivity index is 1.61. The zero-order valence-corrected chi connectivity index (χ0v) is 17.7. The van der Waals surface area contributed by atoms with Crippen LogP contribution in [0.3, 0.4) is 0 Å². The van der Waals surface area contributed by atoms with E-state index in [1.807, 2.05) is 36.1 Å². The molecule has 3 heterocycles. The molecule has 0 unspecified atom stereocenters. The Bertz CT molecular complexity index is 992. The van der Waals surface area contributed by atoms with E-state index in [0.29, 0.717) is 12.4 Å². The van der Waals surface area contributed by atoms with Crippen LogP contribution >= 0.6 is 11.8 Å². The lowest BCUT2D eigenvalue weighted by Gasteiger charge is -2.35. The van der Waals surface area contributed by atoms with Gasteiger partial charge in [-0.15, -0.1) is 11.8 Å². The van der Waals surface area contributed by atoms with Gasteiger partial charge in [0.05, 0.1) is 17.6 Å². The minimum absolute atomic E-state index is 0.0960. The second-order valence-electron chi connectivity index (χ2n) is 8.12. The van der Waals surface area contributed by atoms with Crippen molar-refractivity contribution in [1.29, 1.82) is 0 Å². The van der Waals surface area contributed by atoms with E-state index in [9.17, 15) is 14.0 Å². The number of hydrogen-bond acceptors (Lipinski definition) is 4. The number of nitrogens with zero attached hydrogens (tertiary/aromatic N) is 3. The average Bonchev–Trinajstić information content (AvgIpc) is 3.16. The van der Waals surface area contributed by atoms with Crippen molar-refractivity contribution in [2.45, 2.75) is 36.3 Å². The van der Waals surface area contributed by atoms with Crippen LogP contribution in [0.1, 0.15) is 31.7 Å². The van der Waals surface area contributed by atoms with E-state index in [-0.39, 0.29) is 22.9 Å². The number of carbonyl (C=O) groups is 2. The molecule has 5 nitrogen and oxygen atoms in total. The first-order valence-electron chi connectivity index (χ1n) is 10.4. The lowest BCUT2D eigenvalue weighted by molar-refractivity contribution is -0.124. The lowest BCUT2D eigenvalue weighted by atomic mass is 10.0. The molecule has 2 aromatic carbocycles. The molecule has 2 aromatic rings. The maximum atomic E-state index is 14.0. The number of para-hydroxylation sites is 1. The van der Waals surface area contributed by atoms with Crippen LogP contribution in [-0.4, -0.2) is 41.7 Å². The number of thioether (sulfide) groups is 1. The van der Waals surface area contributed by atoms with Crippen LogP contribution in [0, 0.1) is 5.82 Å². The van der Waals surface area contributed by atoms with Crippen LogP contribution in [-0.2, 0) is 14.5 Å². The second-order valence-corrected chi connectivity index (χ2v) is 9.66. The molecule has 7 heteroatoms. The van der Waals surface area contributed by atoms with Crippen molar-refractivity contribution in [2.75, 3.05) is 29.6 Å². The highest BCUT2D eigenvalue weighted by atomic mass is 32.2. The number of piperidine rings is 1. The molecule has 0 saturated carbocycles. The predicted molar refractivity (Wildman–Crippen MR) is 117 cm³/mol. The fourth-order valence-corrected chi connectivity index (χ4v) is 6.30. The Kier molecular flexibility index (Phi) is 4.82. The molecule has 0 radical (unpaired) electrons. The van der Waals surface area contributed by atoms with Crippen molar-refractivity contribution in [1.82, 2.24) is 4.90 Å². The van der Waals surface area contributed by atoms with Crippen LogP contribution in [0.15, 0.2) is 48.5 Å². The van der Waals surface area contributed by atoms with Gasteiger partial charge in [-0.25, -0.2) is 4.39 Å². The maximum absolute atomic E-state index is 14.0. The number of anilines is 2. The lowest BCUT2D eigenvalue weighted by Crippen LogP contribution is -2.52. The number of fused-ring (bicyclic) bond motifs is 2. The molecular formula is C23H24FN3O2S. The van der Waals surface area contributed by atoms with Gasteiger partial charge in [0.1, 0.15) is 5.82 Å². The summed E-state index contributed by atoms with van der Waals surface area (Å²) in [4.78, 5) is 31.8. The number of rotatable bonds is 3. The van der Waals surface area contributed by atoms with Gasteiger partial charge in [0.2, 0.25) is 10.8 Å². The Morgan fingerprint density at radius 1 is 1.03 bits per heavy atom. The third kappa shape index (κ3) is 2.87. The largest absolute Gasteiger partial charge is 0.295 e. The van der Waals surface area contributed by atoms with Crippen molar-refractivity contribution in [3.05, 3.63) is 59.9 Å². The molecule has 0 N–H and O–H groups in total. The summed E-state index contributed by atoms with van der Waals surface area (Å²) in [6.45, 7) is 4.31. The van der Waals surface area contributed by atoms with E-state index in [2.05, 4.69) is 4.90 Å². The summed E-state index contributed by atoms with van der Waals surface area (Å²) in [7, 11) is 0. The Hall–Kier alpha value is -2.38. The summed E-state index contributed by atoms with van der Waals surface area (Å²) in [6, 6.07) is 13.6. The third-order valence-corrected chi connectivity index (χ3v) is 7.67. The van der Waals surface area contributed by atoms with Gasteiger partial charge in [0.15, 0.2) is 0 Å². The summed E-state index contributed by atoms with van der Waals surface area (Å²) in [5.41, 5.74) is 2.23. The monoisotopic (exact) mass is 425 g/mol. The van der Waals surface area contributed by atoms with Gasteiger partial charge >= 0.3 is 0 Å². The second kappa shape index (κ2) is 7.39. The van der Waals surface area contributed by atoms with Crippen LogP contribution in [0.25, 0.3) is 0 Å². The van der Waals surface area contributed by atoms with Crippen molar-refractivity contribution < 1.29 is 14.0 Å². The zero-order chi connectivity index (χ0) is 20.9. The predicted octanol–water partition coefficient (Wildman–Crippen LogP) is 3.94. The highest BCUT2D eigenvalue weighted by molar-refractivity contribution is 8.03. The Morgan fingerprint density at radius 3 is 2.47 bits per heavy atom. The quantitative estimate of drug-likeness (QED) is 0.747. The molecule has 2 saturated heterocycles. The molecule has 30 heavy (non-hydrogen) atoms. The zero-order valence-electron chi connectivity index (χ0n) is 16.9. The highest BCUT2D eigenvalue weighted by Gasteiger charge is 2.63. The minimum Gasteiger partial charge on any atom is -0.295 e. The first-order chi connectivity index (χ1) is 14.5. The maximum Gasteiger partial charge on any atom is 0.269 e. The summed E-state index contributed by atoms with van der Waals surface area (Å²) in [5.74, 6) is -0.596. The molecule has 2 fully saturated rings. The number of likely N-dealkylation sites (tertiary alicyclic amines) is 1. The fraction of sp³-hybridized carbons (Fsp3) is 0.391. The molecule has 0 bridgehead atoms. The van der Waals surface area contributed by atoms with Gasteiger partial charge in [-0.1, -0.05) is 24.6 Å². The van der Waals surface area contributed by atoms with E-state index in [1.165, 1.54) is 30.3 Å². The van der Waals surface area contributed by atoms with E-state index in [0.717, 1.165) is 37.2 Å². The molecular weight excluding hydrogens is 401 g/mol. The smallest absolute Gasteiger partial charge is 0.269 e. The van der Waals surface area contributed by atoms with E-state index in [4.69, 9.17) is 0 Å². The van der Waals surface area contributed by atoms with Gasteiger partial charge in [0.25, 0.3) is 5.91 Å². The summed E-state index contributed by atoms with van der Waals surface area (Å²) in [6.07, 6.45) is 3.51. The molecule has 0 aromatic heterocycles. The highest BCUT2D eigenvalue weighted by Crippen LogP contribution is 2.57. The van der Waals surface area contributed by atoms with Gasteiger partial charge in [-0.05, 0) is 63.2 Å². The molecule has 2 amide bonds. The number of benzene rings is 2. The van der Waals surface area contributed by atoms with Crippen molar-refractivity contribution in [2.24, 2.45) is 0 Å². The summed E-state index contributed by atoms with van der Waals surface area (Å²) >= 11 is 1.38. The van der Waals surface area contributed by atoms with Crippen LogP contribution in [0.5, 0.6) is 0 Å². The standard InChI is InChI=1S/C23H24FN3O2S/c1-16-21(28)27(18-11-9-17(24)10-12-18)23(30-16)19-7-3-4-8-20(19)26(22(23)29)15-25-13-5-2-6-14-25/h3-4,7-12,16H,2,5-6,13-15H2,1H3/t16-,23+/m1/s1. The van der Waals surface area contributed by atoms with Crippen LogP contribution in [0.4, 0.5) is 15.8 Å². The van der Waals surface area contributed by atoms with E-state index in [1.54, 1.807) is 17.0 Å². The fourth-order valence-electron chi connectivity index (χ4n) is 4.77. The first kappa shape index (κ1) is 19.6. The average molecular weight is 426 g/mol. The Morgan fingerprint density at radius 2 is 1.73 bits per heavy atom. The van der Waals surface area contributed by atoms with E-state index >= 15 is 0 Å². The molecule has 0 aliphatic carbocycles. The number of halogens is 1. The minimum atomic E-state index is -1.15. The van der Waals surface area contributed by atoms with Gasteiger partial charge in [0, 0.05) is 11.3 Å². The third-order valence-electron chi connectivity index (χ3n) is 6.20. The van der Waals surface area contributed by atoms with Crippen molar-refractivity contribution in [3.63, 3.8) is 0 Å². The number of amides is 2. The van der Waals surface area contributed by atoms with Crippen LogP contribution in [0.2, 0.25) is 0 Å². The van der Waals surface area contributed by atoms with Crippen LogP contribution < -0.4 is 9.80 Å². The van der Waals surface area contributed by atoms with Gasteiger partial charge < -0.3 is 0 Å². The van der Waals surface area contributed by atoms with E-state index < -0.39 is 4.87 Å². The summed E-state index contributed by atoms with van der Waals surface area (Å²) in [5, 5.41) is -0.373.